The van der Waals surface area contributed by atoms with E-state index in [9.17, 15) is 9.50 Å². The molecule has 0 bridgehead atoms. The standard InChI is InChI=1S/C16H12ClFO2S/c1-20-13-5-3-10(6-12(13)17)16(19)15-7-9-2-4-11(18)8-14(9)21-15/h2-8,16,19H,1H3. The third-order valence-corrected chi connectivity index (χ3v) is 4.71. The molecular weight excluding hydrogens is 311 g/mol. The van der Waals surface area contributed by atoms with E-state index < -0.39 is 6.10 Å². The van der Waals surface area contributed by atoms with Crippen molar-refractivity contribution in [1.29, 1.82) is 0 Å². The van der Waals surface area contributed by atoms with Crippen molar-refractivity contribution < 1.29 is 14.2 Å². The summed E-state index contributed by atoms with van der Waals surface area (Å²) in [5.74, 6) is 0.281. The Morgan fingerprint density at radius 3 is 2.71 bits per heavy atom. The van der Waals surface area contributed by atoms with Crippen molar-refractivity contribution in [3.8, 4) is 5.75 Å². The third kappa shape index (κ3) is 2.75. The Hall–Kier alpha value is -1.62. The lowest BCUT2D eigenvalue weighted by Crippen LogP contribution is -1.97. The number of rotatable bonds is 3. The largest absolute Gasteiger partial charge is 0.495 e. The summed E-state index contributed by atoms with van der Waals surface area (Å²) in [5.41, 5.74) is 0.674. The molecule has 2 aromatic carbocycles. The zero-order valence-corrected chi connectivity index (χ0v) is 12.7. The zero-order valence-electron chi connectivity index (χ0n) is 11.1. The van der Waals surface area contributed by atoms with Crippen molar-refractivity contribution in [3.05, 3.63) is 63.7 Å². The Bertz CT molecular complexity index is 800. The van der Waals surface area contributed by atoms with Crippen LogP contribution in [0.25, 0.3) is 10.1 Å². The van der Waals surface area contributed by atoms with Crippen molar-refractivity contribution in [2.24, 2.45) is 0 Å². The van der Waals surface area contributed by atoms with Gasteiger partial charge in [0.15, 0.2) is 0 Å². The normalized spacial score (nSPS) is 12.6. The van der Waals surface area contributed by atoms with Crippen LogP contribution >= 0.6 is 22.9 Å². The van der Waals surface area contributed by atoms with E-state index in [1.54, 1.807) is 24.3 Å². The van der Waals surface area contributed by atoms with Crippen LogP contribution in [0.1, 0.15) is 16.5 Å². The van der Waals surface area contributed by atoms with Gasteiger partial charge in [0.05, 0.1) is 12.1 Å². The van der Waals surface area contributed by atoms with Crippen molar-refractivity contribution in [2.75, 3.05) is 7.11 Å². The van der Waals surface area contributed by atoms with Crippen LogP contribution in [0.3, 0.4) is 0 Å². The summed E-state index contributed by atoms with van der Waals surface area (Å²) in [7, 11) is 1.54. The molecule has 0 fully saturated rings. The number of benzene rings is 2. The van der Waals surface area contributed by atoms with Crippen molar-refractivity contribution in [2.45, 2.75) is 6.10 Å². The predicted octanol–water partition coefficient (Wildman–Crippen LogP) is 4.78. The van der Waals surface area contributed by atoms with Gasteiger partial charge in [-0.2, -0.15) is 0 Å². The molecule has 21 heavy (non-hydrogen) atoms. The molecule has 0 aliphatic heterocycles. The number of fused-ring (bicyclic) bond motifs is 1. The van der Waals surface area contributed by atoms with E-state index in [1.807, 2.05) is 6.07 Å². The lowest BCUT2D eigenvalue weighted by atomic mass is 10.1. The number of thiophene rings is 1. The van der Waals surface area contributed by atoms with Gasteiger partial charge >= 0.3 is 0 Å². The van der Waals surface area contributed by atoms with Crippen molar-refractivity contribution >= 4 is 33.0 Å². The fraction of sp³-hybridized carbons (Fsp3) is 0.125. The molecule has 1 atom stereocenters. The van der Waals surface area contributed by atoms with E-state index in [0.717, 1.165) is 15.0 Å². The molecule has 3 rings (SSSR count). The molecule has 0 saturated heterocycles. The molecule has 108 valence electrons. The summed E-state index contributed by atoms with van der Waals surface area (Å²) in [5, 5.41) is 11.8. The number of hydrogen-bond acceptors (Lipinski definition) is 3. The summed E-state index contributed by atoms with van der Waals surface area (Å²) in [6.07, 6.45) is -0.797. The minimum absolute atomic E-state index is 0.280. The highest BCUT2D eigenvalue weighted by molar-refractivity contribution is 7.19. The molecular formula is C16H12ClFO2S. The smallest absolute Gasteiger partial charge is 0.137 e. The topological polar surface area (TPSA) is 29.5 Å². The highest BCUT2D eigenvalue weighted by Crippen LogP contribution is 2.35. The first-order chi connectivity index (χ1) is 10.1. The molecule has 0 spiro atoms. The Morgan fingerprint density at radius 1 is 1.19 bits per heavy atom. The molecule has 3 aromatic rings. The summed E-state index contributed by atoms with van der Waals surface area (Å²) in [6, 6.07) is 11.6. The number of methoxy groups -OCH3 is 1. The van der Waals surface area contributed by atoms with E-state index in [-0.39, 0.29) is 5.82 Å². The van der Waals surface area contributed by atoms with Crippen LogP contribution in [-0.2, 0) is 0 Å². The predicted molar refractivity (Wildman–Crippen MR) is 83.8 cm³/mol. The maximum atomic E-state index is 13.2. The second-order valence-corrected chi connectivity index (χ2v) is 6.15. The second kappa shape index (κ2) is 5.64. The summed E-state index contributed by atoms with van der Waals surface area (Å²) in [6.45, 7) is 0. The molecule has 0 amide bonds. The molecule has 2 nitrogen and oxygen atoms in total. The number of halogens is 2. The molecule has 1 aromatic heterocycles. The highest BCUT2D eigenvalue weighted by Gasteiger charge is 2.15. The Morgan fingerprint density at radius 2 is 2.00 bits per heavy atom. The van der Waals surface area contributed by atoms with Crippen LogP contribution < -0.4 is 4.74 Å². The van der Waals surface area contributed by atoms with E-state index in [4.69, 9.17) is 16.3 Å². The Balaban J connectivity index is 1.99. The van der Waals surface area contributed by atoms with Crippen molar-refractivity contribution in [3.63, 3.8) is 0 Å². The zero-order chi connectivity index (χ0) is 15.0. The molecule has 5 heteroatoms. The maximum absolute atomic E-state index is 13.2. The van der Waals surface area contributed by atoms with Gasteiger partial charge in [0.2, 0.25) is 0 Å². The van der Waals surface area contributed by atoms with E-state index in [2.05, 4.69) is 0 Å². The van der Waals surface area contributed by atoms with Gasteiger partial charge in [0.1, 0.15) is 17.7 Å². The third-order valence-electron chi connectivity index (χ3n) is 3.26. The molecule has 1 heterocycles. The number of aliphatic hydroxyl groups excluding tert-OH is 1. The van der Waals surface area contributed by atoms with Gasteiger partial charge in [-0.15, -0.1) is 11.3 Å². The quantitative estimate of drug-likeness (QED) is 0.751. The fourth-order valence-corrected chi connectivity index (χ4v) is 3.55. The molecule has 0 radical (unpaired) electrons. The monoisotopic (exact) mass is 322 g/mol. The fourth-order valence-electron chi connectivity index (χ4n) is 2.18. The van der Waals surface area contributed by atoms with Gasteiger partial charge in [0, 0.05) is 9.58 Å². The molecule has 1 N–H and O–H groups in total. The van der Waals surface area contributed by atoms with Gasteiger partial charge in [0.25, 0.3) is 0 Å². The van der Waals surface area contributed by atoms with Gasteiger partial charge in [-0.1, -0.05) is 23.7 Å². The Kier molecular flexibility index (Phi) is 3.85. The summed E-state index contributed by atoms with van der Waals surface area (Å²) < 4.78 is 19.1. The Labute approximate surface area is 130 Å². The average Bonchev–Trinajstić information content (AvgIpc) is 2.89. The first-order valence-electron chi connectivity index (χ1n) is 6.29. The van der Waals surface area contributed by atoms with Gasteiger partial charge in [-0.3, -0.25) is 0 Å². The molecule has 0 aliphatic rings. The van der Waals surface area contributed by atoms with Gasteiger partial charge in [-0.25, -0.2) is 4.39 Å². The molecule has 1 unspecified atom stereocenters. The lowest BCUT2D eigenvalue weighted by molar-refractivity contribution is 0.224. The number of hydrogen-bond donors (Lipinski definition) is 1. The van der Waals surface area contributed by atoms with Crippen LogP contribution in [0, 0.1) is 5.82 Å². The van der Waals surface area contributed by atoms with Crippen LogP contribution in [-0.4, -0.2) is 12.2 Å². The molecule has 0 aliphatic carbocycles. The van der Waals surface area contributed by atoms with E-state index >= 15 is 0 Å². The molecule has 0 saturated carbocycles. The van der Waals surface area contributed by atoms with Gasteiger partial charge < -0.3 is 9.84 Å². The summed E-state index contributed by atoms with van der Waals surface area (Å²) >= 11 is 7.44. The van der Waals surface area contributed by atoms with Crippen LogP contribution in [0.5, 0.6) is 5.75 Å². The maximum Gasteiger partial charge on any atom is 0.137 e. The number of aliphatic hydroxyl groups is 1. The first kappa shape index (κ1) is 14.3. The summed E-state index contributed by atoms with van der Waals surface area (Å²) in [4.78, 5) is 0.747. The van der Waals surface area contributed by atoms with Crippen LogP contribution in [0.15, 0.2) is 42.5 Å². The minimum Gasteiger partial charge on any atom is -0.495 e. The van der Waals surface area contributed by atoms with E-state index in [1.165, 1.54) is 30.6 Å². The van der Waals surface area contributed by atoms with Gasteiger partial charge in [-0.05, 0) is 41.3 Å². The number of ether oxygens (including phenoxy) is 1. The lowest BCUT2D eigenvalue weighted by Gasteiger charge is -2.11. The first-order valence-corrected chi connectivity index (χ1v) is 7.48. The van der Waals surface area contributed by atoms with Crippen LogP contribution in [0.4, 0.5) is 4.39 Å². The average molecular weight is 323 g/mol. The highest BCUT2D eigenvalue weighted by atomic mass is 35.5. The van der Waals surface area contributed by atoms with Crippen LogP contribution in [0.2, 0.25) is 5.02 Å². The van der Waals surface area contributed by atoms with Crippen molar-refractivity contribution in [1.82, 2.24) is 0 Å². The minimum atomic E-state index is -0.797. The van der Waals surface area contributed by atoms with E-state index in [0.29, 0.717) is 16.3 Å². The second-order valence-electron chi connectivity index (χ2n) is 4.63. The SMILES string of the molecule is COc1ccc(C(O)c2cc3ccc(F)cc3s2)cc1Cl.